The molecule has 0 fully saturated rings. The summed E-state index contributed by atoms with van der Waals surface area (Å²) in [6.07, 6.45) is 3.68. The van der Waals surface area contributed by atoms with Crippen LogP contribution in [0, 0.1) is 13.8 Å². The van der Waals surface area contributed by atoms with Crippen molar-refractivity contribution in [1.82, 2.24) is 15.2 Å². The van der Waals surface area contributed by atoms with Crippen LogP contribution in [-0.2, 0) is 0 Å². The Morgan fingerprint density at radius 2 is 1.85 bits per heavy atom. The summed E-state index contributed by atoms with van der Waals surface area (Å²) in [7, 11) is 1.86. The van der Waals surface area contributed by atoms with Gasteiger partial charge in [-0.1, -0.05) is 18.2 Å². The maximum atomic E-state index is 4.40. The smallest absolute Gasteiger partial charge is 0.151 e. The fourth-order valence-corrected chi connectivity index (χ4v) is 2.43. The number of rotatable bonds is 2. The molecule has 20 heavy (non-hydrogen) atoms. The van der Waals surface area contributed by atoms with Crippen LogP contribution >= 0.6 is 0 Å². The fraction of sp³-hybridized carbons (Fsp3) is 0.188. The Morgan fingerprint density at radius 1 is 1.00 bits per heavy atom. The molecule has 0 atom stereocenters. The number of anilines is 1. The Hall–Kier alpha value is -2.49. The van der Waals surface area contributed by atoms with E-state index in [1.54, 1.807) is 0 Å². The number of aromatic nitrogens is 3. The van der Waals surface area contributed by atoms with Crippen LogP contribution in [0.5, 0.6) is 0 Å². The molecule has 0 spiro atoms. The summed E-state index contributed by atoms with van der Waals surface area (Å²) in [5.74, 6) is 0.827. The van der Waals surface area contributed by atoms with Crippen LogP contribution in [-0.4, -0.2) is 22.2 Å². The zero-order valence-electron chi connectivity index (χ0n) is 11.8. The lowest BCUT2D eigenvalue weighted by Gasteiger charge is -2.12. The first kappa shape index (κ1) is 12.5. The molecule has 1 N–H and O–H groups in total. The molecule has 2 heterocycles. The molecule has 0 unspecified atom stereocenters. The highest BCUT2D eigenvalue weighted by molar-refractivity contribution is 5.96. The van der Waals surface area contributed by atoms with Gasteiger partial charge >= 0.3 is 0 Å². The van der Waals surface area contributed by atoms with Gasteiger partial charge in [-0.3, -0.25) is 4.98 Å². The Kier molecular flexibility index (Phi) is 3.06. The Morgan fingerprint density at radius 3 is 2.65 bits per heavy atom. The van der Waals surface area contributed by atoms with Crippen LogP contribution in [0.15, 0.2) is 36.7 Å². The van der Waals surface area contributed by atoms with Crippen molar-refractivity contribution in [2.24, 2.45) is 0 Å². The van der Waals surface area contributed by atoms with Gasteiger partial charge in [0.15, 0.2) is 5.82 Å². The van der Waals surface area contributed by atoms with Crippen LogP contribution in [0.2, 0.25) is 0 Å². The maximum absolute atomic E-state index is 4.40. The van der Waals surface area contributed by atoms with Gasteiger partial charge in [-0.2, -0.15) is 0 Å². The van der Waals surface area contributed by atoms with E-state index in [0.717, 1.165) is 39.0 Å². The first-order valence-corrected chi connectivity index (χ1v) is 6.57. The molecule has 0 saturated heterocycles. The van der Waals surface area contributed by atoms with Crippen molar-refractivity contribution in [3.63, 3.8) is 0 Å². The summed E-state index contributed by atoms with van der Waals surface area (Å²) in [5, 5.41) is 14.0. The Labute approximate surface area is 117 Å². The number of fused-ring (bicyclic) bond motifs is 1. The summed E-state index contributed by atoms with van der Waals surface area (Å²) in [6, 6.07) is 8.19. The molecular formula is C16H16N4. The van der Waals surface area contributed by atoms with Crippen LogP contribution < -0.4 is 5.32 Å². The predicted octanol–water partition coefficient (Wildman–Crippen LogP) is 3.35. The highest BCUT2D eigenvalue weighted by Gasteiger charge is 2.12. The zero-order valence-corrected chi connectivity index (χ0v) is 11.8. The molecule has 0 aliphatic rings. The predicted molar refractivity (Wildman–Crippen MR) is 81.8 cm³/mol. The molecule has 3 rings (SSSR count). The third kappa shape index (κ3) is 1.90. The molecule has 0 radical (unpaired) electrons. The van der Waals surface area contributed by atoms with Gasteiger partial charge in [0.2, 0.25) is 0 Å². The lowest BCUT2D eigenvalue weighted by molar-refractivity contribution is 1.01. The normalized spacial score (nSPS) is 10.8. The van der Waals surface area contributed by atoms with E-state index in [0.29, 0.717) is 0 Å². The lowest BCUT2D eigenvalue weighted by atomic mass is 9.99. The third-order valence-corrected chi connectivity index (χ3v) is 3.70. The SMILES string of the molecule is CNc1nnc(-c2cccc3cnccc23)c(C)c1C. The monoisotopic (exact) mass is 264 g/mol. The Balaban J connectivity index is 2.29. The van der Waals surface area contributed by atoms with E-state index in [-0.39, 0.29) is 0 Å². The van der Waals surface area contributed by atoms with Crippen molar-refractivity contribution in [1.29, 1.82) is 0 Å². The maximum Gasteiger partial charge on any atom is 0.151 e. The molecule has 0 bridgehead atoms. The van der Waals surface area contributed by atoms with Crippen LogP contribution in [0.4, 0.5) is 5.82 Å². The van der Waals surface area contributed by atoms with Gasteiger partial charge in [-0.15, -0.1) is 10.2 Å². The van der Waals surface area contributed by atoms with E-state index < -0.39 is 0 Å². The summed E-state index contributed by atoms with van der Waals surface area (Å²) < 4.78 is 0. The second kappa shape index (κ2) is 4.89. The molecule has 0 saturated carbocycles. The number of pyridine rings is 1. The summed E-state index contributed by atoms with van der Waals surface area (Å²) in [6.45, 7) is 4.15. The van der Waals surface area contributed by atoms with E-state index in [2.05, 4.69) is 46.5 Å². The number of nitrogens with zero attached hydrogens (tertiary/aromatic N) is 3. The first-order chi connectivity index (χ1) is 9.72. The standard InChI is InChI=1S/C16H16N4/c1-10-11(2)16(17-3)20-19-15(10)14-6-4-5-12-9-18-8-7-13(12)14/h4-9H,1-3H3,(H,17,20). The van der Waals surface area contributed by atoms with Gasteiger partial charge < -0.3 is 5.32 Å². The minimum atomic E-state index is 0.827. The minimum absolute atomic E-state index is 0.827. The van der Waals surface area contributed by atoms with Crippen LogP contribution in [0.25, 0.3) is 22.0 Å². The molecule has 3 aromatic rings. The van der Waals surface area contributed by atoms with Gasteiger partial charge in [-0.25, -0.2) is 0 Å². The third-order valence-electron chi connectivity index (χ3n) is 3.70. The van der Waals surface area contributed by atoms with Gasteiger partial charge in [0.25, 0.3) is 0 Å². The molecule has 0 aliphatic carbocycles. The van der Waals surface area contributed by atoms with E-state index in [1.165, 1.54) is 0 Å². The molecule has 0 aliphatic heterocycles. The van der Waals surface area contributed by atoms with Gasteiger partial charge in [0, 0.05) is 30.4 Å². The number of hydrogen-bond donors (Lipinski definition) is 1. The van der Waals surface area contributed by atoms with E-state index >= 15 is 0 Å². The van der Waals surface area contributed by atoms with E-state index in [1.807, 2.05) is 31.6 Å². The summed E-state index contributed by atoms with van der Waals surface area (Å²) in [4.78, 5) is 4.17. The number of hydrogen-bond acceptors (Lipinski definition) is 4. The van der Waals surface area contributed by atoms with Crippen molar-refractivity contribution in [3.8, 4) is 11.3 Å². The highest BCUT2D eigenvalue weighted by atomic mass is 15.2. The fourth-order valence-electron chi connectivity index (χ4n) is 2.43. The van der Waals surface area contributed by atoms with E-state index in [4.69, 9.17) is 0 Å². The number of benzene rings is 1. The van der Waals surface area contributed by atoms with Gasteiger partial charge in [0.1, 0.15) is 0 Å². The second-order valence-electron chi connectivity index (χ2n) is 4.80. The molecule has 0 amide bonds. The quantitative estimate of drug-likeness (QED) is 0.771. The molecule has 1 aromatic carbocycles. The molecule has 100 valence electrons. The van der Waals surface area contributed by atoms with Crippen LogP contribution in [0.1, 0.15) is 11.1 Å². The van der Waals surface area contributed by atoms with Crippen molar-refractivity contribution in [2.45, 2.75) is 13.8 Å². The zero-order chi connectivity index (χ0) is 14.1. The largest absolute Gasteiger partial charge is 0.371 e. The first-order valence-electron chi connectivity index (χ1n) is 6.57. The van der Waals surface area contributed by atoms with Crippen LogP contribution in [0.3, 0.4) is 0 Å². The topological polar surface area (TPSA) is 50.7 Å². The van der Waals surface area contributed by atoms with Crippen molar-refractivity contribution in [3.05, 3.63) is 47.8 Å². The van der Waals surface area contributed by atoms with Crippen molar-refractivity contribution < 1.29 is 0 Å². The average Bonchev–Trinajstić information content (AvgIpc) is 2.50. The number of nitrogens with one attached hydrogen (secondary N) is 1. The van der Waals surface area contributed by atoms with Crippen molar-refractivity contribution in [2.75, 3.05) is 12.4 Å². The molecule has 4 heteroatoms. The van der Waals surface area contributed by atoms with Gasteiger partial charge in [-0.05, 0) is 36.4 Å². The molecular weight excluding hydrogens is 248 g/mol. The molecule has 4 nitrogen and oxygen atoms in total. The molecule has 2 aromatic heterocycles. The Bertz CT molecular complexity index is 775. The van der Waals surface area contributed by atoms with Gasteiger partial charge in [0.05, 0.1) is 5.69 Å². The van der Waals surface area contributed by atoms with E-state index in [9.17, 15) is 0 Å². The highest BCUT2D eigenvalue weighted by Crippen LogP contribution is 2.30. The summed E-state index contributed by atoms with van der Waals surface area (Å²) >= 11 is 0. The van der Waals surface area contributed by atoms with Crippen molar-refractivity contribution >= 4 is 16.6 Å². The lowest BCUT2D eigenvalue weighted by Crippen LogP contribution is -2.02. The minimum Gasteiger partial charge on any atom is -0.371 e. The average molecular weight is 264 g/mol. The second-order valence-corrected chi connectivity index (χ2v) is 4.80. The summed E-state index contributed by atoms with van der Waals surface area (Å²) in [5.41, 5.74) is 4.30.